The van der Waals surface area contributed by atoms with Crippen LogP contribution in [0, 0.1) is 5.92 Å². The number of carbonyl (C=O) groups is 3. The molecule has 1 amide bonds. The zero-order valence-electron chi connectivity index (χ0n) is 14.0. The smallest absolute Gasteiger partial charge is 0.337 e. The SMILES string of the molecule is COC(=O)c1ccc(NC(=O)C[NH+]2CCC(C(=O)OC)CC2)cc1. The second kappa shape index (κ2) is 8.44. The summed E-state index contributed by atoms with van der Waals surface area (Å²) >= 11 is 0. The molecular weight excluding hydrogens is 312 g/mol. The van der Waals surface area contributed by atoms with Gasteiger partial charge >= 0.3 is 11.9 Å². The average molecular weight is 335 g/mol. The number of hydrogen-bond donors (Lipinski definition) is 2. The van der Waals surface area contributed by atoms with Crippen LogP contribution in [-0.2, 0) is 19.1 Å². The maximum absolute atomic E-state index is 12.1. The summed E-state index contributed by atoms with van der Waals surface area (Å²) in [7, 11) is 2.73. The summed E-state index contributed by atoms with van der Waals surface area (Å²) in [6.45, 7) is 1.90. The Kier molecular flexibility index (Phi) is 6.31. The minimum Gasteiger partial charge on any atom is -0.469 e. The van der Waals surface area contributed by atoms with Crippen LogP contribution < -0.4 is 10.2 Å². The first-order valence-electron chi connectivity index (χ1n) is 7.93. The standard InChI is InChI=1S/C17H22N2O5/c1-23-16(21)12-3-5-14(6-4-12)18-15(20)11-19-9-7-13(8-10-19)17(22)24-2/h3-6,13H,7-11H2,1-2H3,(H,18,20)/p+1. The molecule has 0 radical (unpaired) electrons. The van der Waals surface area contributed by atoms with Crippen LogP contribution in [0.15, 0.2) is 24.3 Å². The van der Waals surface area contributed by atoms with E-state index in [1.165, 1.54) is 14.2 Å². The van der Waals surface area contributed by atoms with Crippen molar-refractivity contribution in [1.29, 1.82) is 0 Å². The molecule has 0 spiro atoms. The van der Waals surface area contributed by atoms with Gasteiger partial charge in [0.05, 0.1) is 38.8 Å². The Balaban J connectivity index is 1.79. The highest BCUT2D eigenvalue weighted by molar-refractivity contribution is 5.93. The van der Waals surface area contributed by atoms with E-state index in [1.54, 1.807) is 24.3 Å². The zero-order chi connectivity index (χ0) is 17.5. The summed E-state index contributed by atoms with van der Waals surface area (Å²) in [4.78, 5) is 36.1. The van der Waals surface area contributed by atoms with E-state index >= 15 is 0 Å². The van der Waals surface area contributed by atoms with Gasteiger partial charge in [0.2, 0.25) is 0 Å². The molecule has 0 unspecified atom stereocenters. The van der Waals surface area contributed by atoms with Crippen LogP contribution in [0.5, 0.6) is 0 Å². The quantitative estimate of drug-likeness (QED) is 0.733. The van der Waals surface area contributed by atoms with Crippen molar-refractivity contribution in [2.24, 2.45) is 5.92 Å². The number of ether oxygens (including phenoxy) is 2. The minimum absolute atomic E-state index is 0.0484. The second-order valence-corrected chi connectivity index (χ2v) is 5.84. The fourth-order valence-corrected chi connectivity index (χ4v) is 2.84. The molecular formula is C17H23N2O5+. The Labute approximate surface area is 140 Å². The number of benzene rings is 1. The van der Waals surface area contributed by atoms with Crippen LogP contribution in [0.25, 0.3) is 0 Å². The second-order valence-electron chi connectivity index (χ2n) is 5.84. The van der Waals surface area contributed by atoms with Crippen LogP contribution in [0.1, 0.15) is 23.2 Å². The monoisotopic (exact) mass is 335 g/mol. The lowest BCUT2D eigenvalue weighted by molar-refractivity contribution is -0.897. The number of amides is 1. The predicted octanol–water partition coefficient (Wildman–Crippen LogP) is -0.120. The molecule has 2 N–H and O–H groups in total. The van der Waals surface area contributed by atoms with Gasteiger partial charge in [-0.3, -0.25) is 9.59 Å². The fraction of sp³-hybridized carbons (Fsp3) is 0.471. The first-order valence-corrected chi connectivity index (χ1v) is 7.93. The van der Waals surface area contributed by atoms with Gasteiger partial charge in [0.1, 0.15) is 0 Å². The molecule has 0 aliphatic carbocycles. The highest BCUT2D eigenvalue weighted by atomic mass is 16.5. The zero-order valence-corrected chi connectivity index (χ0v) is 14.0. The largest absolute Gasteiger partial charge is 0.469 e. The van der Waals surface area contributed by atoms with Crippen molar-refractivity contribution in [2.75, 3.05) is 39.2 Å². The molecule has 2 rings (SSSR count). The molecule has 1 fully saturated rings. The third-order valence-electron chi connectivity index (χ3n) is 4.23. The van der Waals surface area contributed by atoms with E-state index in [1.807, 2.05) is 0 Å². The van der Waals surface area contributed by atoms with Crippen molar-refractivity contribution in [3.05, 3.63) is 29.8 Å². The molecule has 1 heterocycles. The van der Waals surface area contributed by atoms with Gasteiger partial charge in [-0.2, -0.15) is 0 Å². The van der Waals surface area contributed by atoms with E-state index < -0.39 is 5.97 Å². The summed E-state index contributed by atoms with van der Waals surface area (Å²) in [6, 6.07) is 6.55. The molecule has 7 heteroatoms. The van der Waals surface area contributed by atoms with Crippen LogP contribution in [-0.4, -0.2) is 51.7 Å². The lowest BCUT2D eigenvalue weighted by atomic mass is 9.97. The van der Waals surface area contributed by atoms with E-state index in [2.05, 4.69) is 10.1 Å². The number of piperidine rings is 1. The summed E-state index contributed by atoms with van der Waals surface area (Å²) in [5.41, 5.74) is 1.07. The number of esters is 2. The molecule has 130 valence electrons. The van der Waals surface area contributed by atoms with Crippen molar-refractivity contribution >= 4 is 23.5 Å². The number of anilines is 1. The molecule has 1 saturated heterocycles. The van der Waals surface area contributed by atoms with Crippen LogP contribution in [0.4, 0.5) is 5.69 Å². The number of rotatable bonds is 5. The number of hydrogen-bond acceptors (Lipinski definition) is 5. The molecule has 0 atom stereocenters. The van der Waals surface area contributed by atoms with E-state index in [9.17, 15) is 14.4 Å². The van der Waals surface area contributed by atoms with Gasteiger partial charge in [0.25, 0.3) is 5.91 Å². The Hall–Kier alpha value is -2.41. The van der Waals surface area contributed by atoms with Crippen LogP contribution in [0.3, 0.4) is 0 Å². The Morgan fingerprint density at radius 2 is 1.71 bits per heavy atom. The van der Waals surface area contributed by atoms with Gasteiger partial charge in [-0.25, -0.2) is 4.79 Å². The van der Waals surface area contributed by atoms with E-state index in [0.717, 1.165) is 30.8 Å². The predicted molar refractivity (Wildman–Crippen MR) is 86.7 cm³/mol. The highest BCUT2D eigenvalue weighted by Crippen LogP contribution is 2.12. The summed E-state index contributed by atoms with van der Waals surface area (Å²) in [6.07, 6.45) is 1.48. The van der Waals surface area contributed by atoms with Crippen molar-refractivity contribution in [1.82, 2.24) is 0 Å². The van der Waals surface area contributed by atoms with Crippen LogP contribution >= 0.6 is 0 Å². The minimum atomic E-state index is -0.411. The van der Waals surface area contributed by atoms with Crippen molar-refractivity contribution in [3.8, 4) is 0 Å². The molecule has 1 aromatic rings. The molecule has 0 saturated carbocycles. The van der Waals surface area contributed by atoms with Crippen molar-refractivity contribution in [3.63, 3.8) is 0 Å². The lowest BCUT2D eigenvalue weighted by Gasteiger charge is -2.27. The highest BCUT2D eigenvalue weighted by Gasteiger charge is 2.29. The van der Waals surface area contributed by atoms with Crippen LogP contribution in [0.2, 0.25) is 0 Å². The van der Waals surface area contributed by atoms with Crippen molar-refractivity contribution < 1.29 is 28.8 Å². The van der Waals surface area contributed by atoms with Gasteiger partial charge in [0.15, 0.2) is 6.54 Å². The van der Waals surface area contributed by atoms with E-state index in [-0.39, 0.29) is 17.8 Å². The maximum Gasteiger partial charge on any atom is 0.337 e. The lowest BCUT2D eigenvalue weighted by Crippen LogP contribution is -3.14. The van der Waals surface area contributed by atoms with Gasteiger partial charge in [-0.05, 0) is 24.3 Å². The molecule has 0 bridgehead atoms. The number of carbonyl (C=O) groups excluding carboxylic acids is 3. The molecule has 1 aliphatic heterocycles. The summed E-state index contributed by atoms with van der Waals surface area (Å²) < 4.78 is 9.39. The van der Waals surface area contributed by atoms with E-state index in [0.29, 0.717) is 17.8 Å². The van der Waals surface area contributed by atoms with Gasteiger partial charge in [-0.1, -0.05) is 0 Å². The van der Waals surface area contributed by atoms with Gasteiger partial charge < -0.3 is 19.7 Å². The third-order valence-corrected chi connectivity index (χ3v) is 4.23. The fourth-order valence-electron chi connectivity index (χ4n) is 2.84. The molecule has 1 aromatic carbocycles. The van der Waals surface area contributed by atoms with Crippen molar-refractivity contribution in [2.45, 2.75) is 12.8 Å². The topological polar surface area (TPSA) is 86.1 Å². The van der Waals surface area contributed by atoms with E-state index in [4.69, 9.17) is 4.74 Å². The Morgan fingerprint density at radius 3 is 2.25 bits per heavy atom. The average Bonchev–Trinajstić information content (AvgIpc) is 2.61. The molecule has 24 heavy (non-hydrogen) atoms. The number of likely N-dealkylation sites (tertiary alicyclic amines) is 1. The maximum atomic E-state index is 12.1. The number of quaternary nitrogens is 1. The Morgan fingerprint density at radius 1 is 1.08 bits per heavy atom. The Bertz CT molecular complexity index is 592. The molecule has 7 nitrogen and oxygen atoms in total. The summed E-state index contributed by atoms with van der Waals surface area (Å²) in [5, 5.41) is 2.82. The van der Waals surface area contributed by atoms with Gasteiger partial charge in [-0.15, -0.1) is 0 Å². The third kappa shape index (κ3) is 4.79. The number of nitrogens with one attached hydrogen (secondary N) is 2. The first-order chi connectivity index (χ1) is 11.5. The molecule has 1 aliphatic rings. The first kappa shape index (κ1) is 17.9. The summed E-state index contributed by atoms with van der Waals surface area (Å²) in [5.74, 6) is -0.713. The number of methoxy groups -OCH3 is 2. The van der Waals surface area contributed by atoms with Gasteiger partial charge in [0, 0.05) is 18.5 Å². The molecule has 0 aromatic heterocycles. The normalized spacial score (nSPS) is 20.1.